The van der Waals surface area contributed by atoms with Crippen molar-refractivity contribution in [2.24, 2.45) is 15.3 Å². The van der Waals surface area contributed by atoms with Crippen LogP contribution >= 0.6 is 12.0 Å². The van der Waals surface area contributed by atoms with E-state index in [2.05, 4.69) is 15.3 Å². The summed E-state index contributed by atoms with van der Waals surface area (Å²) in [6.45, 7) is 2.88. The fourth-order valence-corrected chi connectivity index (χ4v) is 7.27. The molecule has 0 aromatic heterocycles. The Hall–Kier alpha value is -6.20. The summed E-state index contributed by atoms with van der Waals surface area (Å²) >= 11 is 0.689. The van der Waals surface area contributed by atoms with Crippen LogP contribution in [0.4, 0.5) is 11.4 Å². The van der Waals surface area contributed by atoms with Gasteiger partial charge in [0, 0.05) is 17.0 Å². The van der Waals surface area contributed by atoms with E-state index in [1.54, 1.807) is 61.7 Å². The Morgan fingerprint density at radius 3 is 1.80 bits per heavy atom. The van der Waals surface area contributed by atoms with E-state index in [1.807, 2.05) is 0 Å². The number of carboxylic acids is 1. The van der Waals surface area contributed by atoms with Gasteiger partial charge in [-0.2, -0.15) is 15.3 Å². The molecule has 4 aromatic carbocycles. The van der Waals surface area contributed by atoms with Crippen molar-refractivity contribution in [2.75, 3.05) is 19.2 Å². The molecule has 1 aliphatic heterocycles. The largest absolute Gasteiger partial charge is 1.00 e. The van der Waals surface area contributed by atoms with Crippen molar-refractivity contribution in [1.29, 1.82) is 0 Å². The van der Waals surface area contributed by atoms with E-state index in [-0.39, 0.29) is 47.4 Å². The van der Waals surface area contributed by atoms with Crippen LogP contribution in [0.3, 0.4) is 0 Å². The van der Waals surface area contributed by atoms with Crippen molar-refractivity contribution >= 4 is 80.1 Å². The predicted molar refractivity (Wildman–Crippen MR) is 232 cm³/mol. The molecule has 0 saturated carbocycles. The van der Waals surface area contributed by atoms with Gasteiger partial charge >= 0.3 is 47.5 Å². The molecule has 1 N–H and O–H groups in total. The van der Waals surface area contributed by atoms with Gasteiger partial charge < -0.3 is 34.0 Å². The summed E-state index contributed by atoms with van der Waals surface area (Å²) in [5, 5.41) is 34.5. The smallest absolute Gasteiger partial charge is 0.543 e. The summed E-state index contributed by atoms with van der Waals surface area (Å²) in [6.07, 6.45) is 0.860. The molecule has 4 unspecified atom stereocenters. The van der Waals surface area contributed by atoms with Crippen molar-refractivity contribution in [1.82, 2.24) is 0 Å². The number of anilines is 1. The number of benzene rings is 4. The van der Waals surface area contributed by atoms with Gasteiger partial charge in [-0.3, -0.25) is 9.68 Å². The molecule has 0 aliphatic carbocycles. The van der Waals surface area contributed by atoms with Crippen molar-refractivity contribution in [3.8, 4) is 11.5 Å². The van der Waals surface area contributed by atoms with E-state index in [4.69, 9.17) is 28.2 Å². The monoisotopic (exact) mass is 952 g/mol. The second kappa shape index (κ2) is 24.9. The number of hydrogen-bond donors (Lipinski definition) is 1. The summed E-state index contributed by atoms with van der Waals surface area (Å²) in [5.41, 5.74) is 1.01. The average molecular weight is 953 g/mol. The maximum atomic E-state index is 13.1. The number of aliphatic hydroxyl groups is 1. The number of ether oxygens (including phenoxy) is 4. The Balaban J connectivity index is 0.00000952. The third-order valence-corrected chi connectivity index (χ3v) is 11.2. The molecular weight excluding hydrogens is 912 g/mol. The summed E-state index contributed by atoms with van der Waals surface area (Å²) in [5.74, 6) is -2.70. The molecule has 66 heavy (non-hydrogen) atoms. The van der Waals surface area contributed by atoms with Gasteiger partial charge in [0.05, 0.1) is 61.3 Å². The van der Waals surface area contributed by atoms with E-state index in [1.165, 1.54) is 69.5 Å². The number of esters is 2. The molecule has 4 atom stereocenters. The molecule has 0 bridgehead atoms. The van der Waals surface area contributed by atoms with Crippen molar-refractivity contribution in [2.45, 2.75) is 61.0 Å². The summed E-state index contributed by atoms with van der Waals surface area (Å²) in [7, 11) is -1.49. The third kappa shape index (κ3) is 15.2. The Kier molecular flexibility index (Phi) is 19.8. The number of hydrogen-bond acceptors (Lipinski definition) is 20. The topological polar surface area (TPSA) is 258 Å². The zero-order valence-corrected chi connectivity index (χ0v) is 39.7. The molecule has 0 fully saturated rings. The molecular formula is C44H41N4NaO15S2. The van der Waals surface area contributed by atoms with Gasteiger partial charge in [0.25, 0.3) is 5.12 Å². The van der Waals surface area contributed by atoms with Gasteiger partial charge in [-0.05, 0) is 110 Å². The number of aliphatic hydroxyl groups excluding tert-OH is 1. The molecule has 4 aromatic rings. The quantitative estimate of drug-likeness (QED) is 0.0253. The molecule has 0 amide bonds. The second-order valence-corrected chi connectivity index (χ2v) is 16.5. The second-order valence-electron chi connectivity index (χ2n) is 13.8. The molecule has 1 heterocycles. The Labute approximate surface area is 405 Å². The fraction of sp³-hybridized carbons (Fsp3) is 0.227. The number of sulfone groups is 1. The van der Waals surface area contributed by atoms with E-state index in [0.717, 1.165) is 28.8 Å². The molecule has 22 heteroatoms. The first kappa shape index (κ1) is 52.4. The zero-order valence-electron chi connectivity index (χ0n) is 36.0. The Morgan fingerprint density at radius 1 is 0.788 bits per heavy atom. The first-order chi connectivity index (χ1) is 31.1. The fourth-order valence-electron chi connectivity index (χ4n) is 5.63. The van der Waals surface area contributed by atoms with Crippen LogP contribution in [0.2, 0.25) is 0 Å². The zero-order chi connectivity index (χ0) is 47.1. The maximum absolute atomic E-state index is 13.1. The number of carboxylic acid groups (broad SMARTS) is 1. The number of nitrogens with zero attached hydrogens (tertiary/aromatic N) is 4. The summed E-state index contributed by atoms with van der Waals surface area (Å²) in [6, 6.07) is 22.8. The molecule has 340 valence electrons. The van der Waals surface area contributed by atoms with Crippen LogP contribution in [-0.2, 0) is 52.5 Å². The minimum Gasteiger partial charge on any atom is -0.543 e. The van der Waals surface area contributed by atoms with E-state index in [0.29, 0.717) is 34.0 Å². The normalized spacial score (nSPS) is 15.7. The maximum Gasteiger partial charge on any atom is 1.00 e. The van der Waals surface area contributed by atoms with Crippen LogP contribution in [-0.4, -0.2) is 86.9 Å². The van der Waals surface area contributed by atoms with Crippen LogP contribution in [0.1, 0.15) is 37.8 Å². The minimum atomic E-state index is -4.56. The van der Waals surface area contributed by atoms with Gasteiger partial charge in [-0.15, -0.1) is 4.33 Å². The SMILES string of the molecule is COc1ccc(C=CC(=O)OC(C)CC(=O)OOSc2ccc(N=NC3C(C(=O)[O-])=NN(c4ccc(S(=O)(=O)C(=O)CC(C)OC(=O)C=Cc5ccc(OC)cc5)cc4)C3O)cc2)cc1.[Na+]. The van der Waals surface area contributed by atoms with Crippen LogP contribution in [0.5, 0.6) is 11.5 Å². The minimum absolute atomic E-state index is 0. The Morgan fingerprint density at radius 2 is 1.30 bits per heavy atom. The number of carbonyl (C=O) groups excluding carboxylic acids is 5. The van der Waals surface area contributed by atoms with Gasteiger partial charge in [0.2, 0.25) is 9.84 Å². The first-order valence-corrected chi connectivity index (χ1v) is 21.5. The van der Waals surface area contributed by atoms with Crippen LogP contribution < -0.4 is 49.1 Å². The standard InChI is InChI=1S/C44H42N4O15S2.Na/c1-27(60-37(49)23-9-29-5-15-33(58-3)16-6-29)25-39(51)62-63-64-35-19-11-31(12-20-35)45-46-41-42(44(54)55)47-48(43(41)53)32-13-21-36(22-14-32)65(56,57)40(52)26-28(2)61-38(50)24-10-30-7-17-34(59-4)18-8-30;/h5-24,27-28,41,43,53H,25-26H2,1-4H3,(H,54,55);/q;+1/p-1. The summed E-state index contributed by atoms with van der Waals surface area (Å²) in [4.78, 5) is 66.2. The predicted octanol–water partition coefficient (Wildman–Crippen LogP) is 1.96. The first-order valence-electron chi connectivity index (χ1n) is 19.3. The number of azo groups is 1. The third-order valence-electron chi connectivity index (χ3n) is 8.94. The van der Waals surface area contributed by atoms with Crippen molar-refractivity contribution in [3.05, 3.63) is 120 Å². The van der Waals surface area contributed by atoms with Crippen LogP contribution in [0.15, 0.2) is 134 Å². The van der Waals surface area contributed by atoms with E-state index in [9.17, 15) is 42.6 Å². The van der Waals surface area contributed by atoms with Crippen molar-refractivity contribution in [3.63, 3.8) is 0 Å². The van der Waals surface area contributed by atoms with E-state index >= 15 is 0 Å². The number of hydrazone groups is 1. The molecule has 0 saturated heterocycles. The number of methoxy groups -OCH3 is 2. The van der Waals surface area contributed by atoms with Gasteiger partial charge in [0.15, 0.2) is 12.3 Å². The van der Waals surface area contributed by atoms with Gasteiger partial charge in [0.1, 0.15) is 29.4 Å². The average Bonchev–Trinajstić information content (AvgIpc) is 3.63. The number of aliphatic carboxylic acids is 1. The van der Waals surface area contributed by atoms with E-state index < -0.39 is 80.3 Å². The molecule has 5 rings (SSSR count). The molecule has 0 radical (unpaired) electrons. The van der Waals surface area contributed by atoms with Crippen LogP contribution in [0.25, 0.3) is 12.2 Å². The number of carbonyl (C=O) groups is 5. The number of rotatable bonds is 20. The molecule has 0 spiro atoms. The van der Waals surface area contributed by atoms with Gasteiger partial charge in [-0.25, -0.2) is 27.8 Å². The van der Waals surface area contributed by atoms with Crippen LogP contribution in [0, 0.1) is 0 Å². The van der Waals surface area contributed by atoms with Crippen molar-refractivity contribution < 1.29 is 100 Å². The molecule has 19 nitrogen and oxygen atoms in total. The molecule has 1 aliphatic rings. The van der Waals surface area contributed by atoms with Gasteiger partial charge in [-0.1, -0.05) is 24.3 Å². The summed E-state index contributed by atoms with van der Waals surface area (Å²) < 4.78 is 51.7. The Bertz CT molecular complexity index is 2570.